The van der Waals surface area contributed by atoms with Crippen LogP contribution in [0, 0.1) is 6.92 Å². The van der Waals surface area contributed by atoms with Gasteiger partial charge in [-0.05, 0) is 31.4 Å². The molecule has 1 unspecified atom stereocenters. The highest BCUT2D eigenvalue weighted by Gasteiger charge is 2.38. The van der Waals surface area contributed by atoms with E-state index in [1.54, 1.807) is 36.4 Å². The van der Waals surface area contributed by atoms with Gasteiger partial charge in [0.05, 0.1) is 11.8 Å². The molecule has 3 rings (SSSR count). The topological polar surface area (TPSA) is 54.5 Å². The molecule has 25 heavy (non-hydrogen) atoms. The molecule has 0 bridgehead atoms. The molecule has 0 aliphatic carbocycles. The number of Topliss-reactive ketones (excluding diaryl/α,β-unsaturated/α-hetero) is 1. The number of carbonyl (C=O) groups is 1. The van der Waals surface area contributed by atoms with E-state index in [1.807, 2.05) is 19.1 Å². The van der Waals surface area contributed by atoms with Gasteiger partial charge in [-0.25, -0.2) is 8.42 Å². The lowest BCUT2D eigenvalue weighted by atomic mass is 10.0. The summed E-state index contributed by atoms with van der Waals surface area (Å²) < 4.78 is 27.1. The normalized spacial score (nSPS) is 18.4. The number of hydrogen-bond acceptors (Lipinski definition) is 3. The van der Waals surface area contributed by atoms with E-state index < -0.39 is 16.1 Å². The maximum atomic E-state index is 12.9. The smallest absolute Gasteiger partial charge is 0.219 e. The molecule has 2 aromatic rings. The molecule has 0 radical (unpaired) electrons. The second-order valence-corrected chi connectivity index (χ2v) is 8.68. The van der Waals surface area contributed by atoms with Crippen LogP contribution in [-0.4, -0.2) is 31.1 Å². The minimum absolute atomic E-state index is 0.139. The minimum Gasteiger partial charge on any atom is -0.292 e. The van der Waals surface area contributed by atoms with Gasteiger partial charge in [0.15, 0.2) is 5.78 Å². The van der Waals surface area contributed by atoms with Crippen LogP contribution in [0.4, 0.5) is 0 Å². The number of halogens is 1. The van der Waals surface area contributed by atoms with Gasteiger partial charge in [0.25, 0.3) is 0 Å². The highest BCUT2D eigenvalue weighted by molar-refractivity contribution is 7.88. The maximum Gasteiger partial charge on any atom is 0.219 e. The summed E-state index contributed by atoms with van der Waals surface area (Å²) in [5, 5.41) is 0.423. The quantitative estimate of drug-likeness (QED) is 0.744. The first kappa shape index (κ1) is 18.1. The summed E-state index contributed by atoms with van der Waals surface area (Å²) in [7, 11) is -3.62. The zero-order valence-corrected chi connectivity index (χ0v) is 15.6. The van der Waals surface area contributed by atoms with Crippen molar-refractivity contribution in [2.24, 2.45) is 0 Å². The van der Waals surface area contributed by atoms with Gasteiger partial charge in [0.1, 0.15) is 0 Å². The summed E-state index contributed by atoms with van der Waals surface area (Å²) in [6.07, 6.45) is 1.23. The largest absolute Gasteiger partial charge is 0.292 e. The molecule has 0 amide bonds. The van der Waals surface area contributed by atoms with Gasteiger partial charge in [-0.15, -0.1) is 0 Å². The first-order valence-electron chi connectivity index (χ1n) is 8.22. The Hall–Kier alpha value is -1.69. The van der Waals surface area contributed by atoms with Crippen molar-refractivity contribution in [1.29, 1.82) is 0 Å². The lowest BCUT2D eigenvalue weighted by Gasteiger charge is -2.23. The lowest BCUT2D eigenvalue weighted by molar-refractivity contribution is 0.0918. The van der Waals surface area contributed by atoms with E-state index in [2.05, 4.69) is 0 Å². The number of carbonyl (C=O) groups excluding carboxylic acids is 1. The molecule has 1 aliphatic heterocycles. The molecule has 132 valence electrons. The fourth-order valence-electron chi connectivity index (χ4n) is 3.14. The van der Waals surface area contributed by atoms with E-state index in [1.165, 1.54) is 4.31 Å². The minimum atomic E-state index is -3.62. The van der Waals surface area contributed by atoms with Crippen LogP contribution in [0.1, 0.15) is 34.3 Å². The second-order valence-electron chi connectivity index (χ2n) is 6.35. The Kier molecular flexibility index (Phi) is 5.27. The van der Waals surface area contributed by atoms with Crippen LogP contribution in [0.3, 0.4) is 0 Å². The number of sulfonamides is 1. The molecule has 1 saturated heterocycles. The van der Waals surface area contributed by atoms with Gasteiger partial charge < -0.3 is 0 Å². The molecule has 1 fully saturated rings. The maximum absolute atomic E-state index is 12.9. The van der Waals surface area contributed by atoms with Crippen molar-refractivity contribution in [3.05, 3.63) is 70.2 Å². The summed E-state index contributed by atoms with van der Waals surface area (Å²) in [4.78, 5) is 12.8. The van der Waals surface area contributed by atoms with Crippen LogP contribution in [0.25, 0.3) is 0 Å². The van der Waals surface area contributed by atoms with Gasteiger partial charge in [-0.1, -0.05) is 59.6 Å². The van der Waals surface area contributed by atoms with E-state index in [0.29, 0.717) is 35.5 Å². The standard InChI is InChI=1S/C19H20ClNO3S/c1-14-8-10-15(11-9-14)19(22)18-7-4-12-21(18)25(23,24)13-16-5-2-3-6-17(16)20/h2-3,5-6,8-11,18H,4,7,12-13H2,1H3. The van der Waals surface area contributed by atoms with Crippen molar-refractivity contribution in [1.82, 2.24) is 4.31 Å². The van der Waals surface area contributed by atoms with Crippen LogP contribution in [-0.2, 0) is 15.8 Å². The van der Waals surface area contributed by atoms with Gasteiger partial charge in [-0.2, -0.15) is 4.31 Å². The van der Waals surface area contributed by atoms with Crippen LogP contribution in [0.5, 0.6) is 0 Å². The molecule has 1 heterocycles. The molecular formula is C19H20ClNO3S. The van der Waals surface area contributed by atoms with Crippen molar-refractivity contribution in [2.45, 2.75) is 31.6 Å². The fraction of sp³-hybridized carbons (Fsp3) is 0.316. The average Bonchev–Trinajstić information content (AvgIpc) is 3.07. The average molecular weight is 378 g/mol. The summed E-state index contributed by atoms with van der Waals surface area (Å²) in [6.45, 7) is 2.32. The number of aryl methyl sites for hydroxylation is 1. The van der Waals surface area contributed by atoms with Crippen molar-refractivity contribution in [2.75, 3.05) is 6.54 Å². The molecule has 0 N–H and O–H groups in total. The Balaban J connectivity index is 1.84. The van der Waals surface area contributed by atoms with Crippen molar-refractivity contribution >= 4 is 27.4 Å². The summed E-state index contributed by atoms with van der Waals surface area (Å²) in [6, 6.07) is 13.5. The van der Waals surface area contributed by atoms with Gasteiger partial charge >= 0.3 is 0 Å². The van der Waals surface area contributed by atoms with Crippen molar-refractivity contribution in [3.8, 4) is 0 Å². The van der Waals surface area contributed by atoms with E-state index in [-0.39, 0.29) is 11.5 Å². The predicted molar refractivity (Wildman–Crippen MR) is 99.3 cm³/mol. The molecule has 0 saturated carbocycles. The molecule has 1 aliphatic rings. The third-order valence-electron chi connectivity index (χ3n) is 4.50. The zero-order valence-electron chi connectivity index (χ0n) is 14.0. The number of hydrogen-bond donors (Lipinski definition) is 0. The molecule has 0 spiro atoms. The molecule has 4 nitrogen and oxygen atoms in total. The van der Waals surface area contributed by atoms with Crippen LogP contribution >= 0.6 is 11.6 Å². The monoisotopic (exact) mass is 377 g/mol. The van der Waals surface area contributed by atoms with E-state index >= 15 is 0 Å². The SMILES string of the molecule is Cc1ccc(C(=O)C2CCCN2S(=O)(=O)Cc2ccccc2Cl)cc1. The fourth-order valence-corrected chi connectivity index (χ4v) is 5.23. The van der Waals surface area contributed by atoms with Crippen LogP contribution < -0.4 is 0 Å². The van der Waals surface area contributed by atoms with E-state index in [4.69, 9.17) is 11.6 Å². The second kappa shape index (κ2) is 7.28. The Morgan fingerprint density at radius 1 is 1.16 bits per heavy atom. The Morgan fingerprint density at radius 3 is 2.52 bits per heavy atom. The van der Waals surface area contributed by atoms with Gasteiger partial charge in [0.2, 0.25) is 10.0 Å². The number of benzene rings is 2. The summed E-state index contributed by atoms with van der Waals surface area (Å²) in [5.74, 6) is -0.329. The molecule has 1 atom stereocenters. The van der Waals surface area contributed by atoms with Crippen molar-refractivity contribution < 1.29 is 13.2 Å². The van der Waals surface area contributed by atoms with Crippen LogP contribution in [0.15, 0.2) is 48.5 Å². The van der Waals surface area contributed by atoms with Gasteiger partial charge in [-0.3, -0.25) is 4.79 Å². The summed E-state index contributed by atoms with van der Waals surface area (Å²) >= 11 is 6.10. The Labute approximate surface area is 153 Å². The van der Waals surface area contributed by atoms with Gasteiger partial charge in [0, 0.05) is 17.1 Å². The highest BCUT2D eigenvalue weighted by Crippen LogP contribution is 2.28. The third-order valence-corrected chi connectivity index (χ3v) is 6.69. The summed E-state index contributed by atoms with van der Waals surface area (Å²) in [5.41, 5.74) is 2.17. The molecule has 0 aromatic heterocycles. The third kappa shape index (κ3) is 3.94. The molecular weight excluding hydrogens is 358 g/mol. The molecule has 2 aromatic carbocycles. The number of ketones is 1. The lowest BCUT2D eigenvalue weighted by Crippen LogP contribution is -2.41. The molecule has 6 heteroatoms. The van der Waals surface area contributed by atoms with Crippen LogP contribution in [0.2, 0.25) is 5.02 Å². The number of rotatable bonds is 5. The van der Waals surface area contributed by atoms with E-state index in [9.17, 15) is 13.2 Å². The Bertz CT molecular complexity index is 878. The van der Waals surface area contributed by atoms with Crippen molar-refractivity contribution in [3.63, 3.8) is 0 Å². The zero-order chi connectivity index (χ0) is 18.0. The predicted octanol–water partition coefficient (Wildman–Crippen LogP) is 3.83. The highest BCUT2D eigenvalue weighted by atomic mass is 35.5. The first-order valence-corrected chi connectivity index (χ1v) is 10.2. The Morgan fingerprint density at radius 2 is 1.84 bits per heavy atom. The van der Waals surface area contributed by atoms with E-state index in [0.717, 1.165) is 5.56 Å². The first-order chi connectivity index (χ1) is 11.9. The number of nitrogens with zero attached hydrogens (tertiary/aromatic N) is 1.